The van der Waals surface area contributed by atoms with Crippen molar-refractivity contribution in [2.24, 2.45) is 0 Å². The summed E-state index contributed by atoms with van der Waals surface area (Å²) in [4.78, 5) is 12.5. The molecule has 2 aromatic rings. The molecule has 0 spiro atoms. The van der Waals surface area contributed by atoms with E-state index in [4.69, 9.17) is 0 Å². The van der Waals surface area contributed by atoms with Crippen LogP contribution in [0.2, 0.25) is 0 Å². The van der Waals surface area contributed by atoms with Gasteiger partial charge in [0.1, 0.15) is 0 Å². The van der Waals surface area contributed by atoms with Gasteiger partial charge in [0.2, 0.25) is 0 Å². The Balaban J connectivity index is 2.45. The Morgan fingerprint density at radius 2 is 1.71 bits per heavy atom. The molecule has 0 unspecified atom stereocenters. The third kappa shape index (κ3) is 3.15. The van der Waals surface area contributed by atoms with Gasteiger partial charge in [0.25, 0.3) is 0 Å². The molecule has 0 atom stereocenters. The molecule has 0 bridgehead atoms. The van der Waals surface area contributed by atoms with Gasteiger partial charge in [0.05, 0.1) is 5.56 Å². The predicted molar refractivity (Wildman–Crippen MR) is 75.4 cm³/mol. The van der Waals surface area contributed by atoms with E-state index in [1.807, 2.05) is 19.1 Å². The van der Waals surface area contributed by atoms with E-state index in [9.17, 15) is 18.0 Å². The van der Waals surface area contributed by atoms with Crippen molar-refractivity contribution >= 4 is 5.78 Å². The Morgan fingerprint density at radius 1 is 1.05 bits per heavy atom. The SMILES string of the molecule is CCc1ccccc1C(=O)c1ccc(C(F)(F)F)cc1C. The first-order chi connectivity index (χ1) is 9.84. The van der Waals surface area contributed by atoms with Gasteiger partial charge in [-0.2, -0.15) is 13.2 Å². The second kappa shape index (κ2) is 5.72. The molecule has 0 aliphatic rings. The molecular formula is C17H15F3O. The minimum absolute atomic E-state index is 0.237. The highest BCUT2D eigenvalue weighted by molar-refractivity contribution is 6.10. The number of rotatable bonds is 3. The molecule has 2 aromatic carbocycles. The lowest BCUT2D eigenvalue weighted by atomic mass is 9.93. The van der Waals surface area contributed by atoms with Crippen LogP contribution in [0.4, 0.5) is 13.2 Å². The average Bonchev–Trinajstić information content (AvgIpc) is 2.45. The summed E-state index contributed by atoms with van der Waals surface area (Å²) in [6.45, 7) is 3.46. The zero-order chi connectivity index (χ0) is 15.6. The summed E-state index contributed by atoms with van der Waals surface area (Å²) < 4.78 is 38.0. The fourth-order valence-corrected chi connectivity index (χ4v) is 2.29. The van der Waals surface area contributed by atoms with Crippen LogP contribution in [-0.2, 0) is 12.6 Å². The van der Waals surface area contributed by atoms with Crippen molar-refractivity contribution in [3.8, 4) is 0 Å². The highest BCUT2D eigenvalue weighted by atomic mass is 19.4. The van der Waals surface area contributed by atoms with Gasteiger partial charge in [-0.25, -0.2) is 0 Å². The number of carbonyl (C=O) groups excluding carboxylic acids is 1. The molecule has 0 aliphatic heterocycles. The fraction of sp³-hybridized carbons (Fsp3) is 0.235. The molecule has 1 nitrogen and oxygen atoms in total. The Kier molecular flexibility index (Phi) is 4.16. The molecule has 0 saturated carbocycles. The number of alkyl halides is 3. The van der Waals surface area contributed by atoms with Gasteiger partial charge in [0.15, 0.2) is 5.78 Å². The lowest BCUT2D eigenvalue weighted by Crippen LogP contribution is -2.10. The Labute approximate surface area is 121 Å². The number of halogens is 3. The first-order valence-corrected chi connectivity index (χ1v) is 6.65. The van der Waals surface area contributed by atoms with Gasteiger partial charge < -0.3 is 0 Å². The second-order valence-corrected chi connectivity index (χ2v) is 4.87. The molecule has 2 rings (SSSR count). The number of hydrogen-bond donors (Lipinski definition) is 0. The quantitative estimate of drug-likeness (QED) is 0.742. The lowest BCUT2D eigenvalue weighted by Gasteiger charge is -2.12. The third-order valence-electron chi connectivity index (χ3n) is 3.44. The van der Waals surface area contributed by atoms with Crippen LogP contribution >= 0.6 is 0 Å². The topological polar surface area (TPSA) is 17.1 Å². The molecule has 0 radical (unpaired) electrons. The van der Waals surface area contributed by atoms with Crippen LogP contribution in [0.3, 0.4) is 0 Å². The minimum Gasteiger partial charge on any atom is -0.289 e. The standard InChI is InChI=1S/C17H15F3O/c1-3-12-6-4-5-7-15(12)16(21)14-9-8-13(10-11(14)2)17(18,19)20/h4-10H,3H2,1-2H3. The van der Waals surface area contributed by atoms with Crippen LogP contribution < -0.4 is 0 Å². The summed E-state index contributed by atoms with van der Waals surface area (Å²) >= 11 is 0. The molecule has 4 heteroatoms. The fourth-order valence-electron chi connectivity index (χ4n) is 2.29. The van der Waals surface area contributed by atoms with E-state index < -0.39 is 11.7 Å². The predicted octanol–water partition coefficient (Wildman–Crippen LogP) is 4.81. The first kappa shape index (κ1) is 15.3. The Hall–Kier alpha value is -2.10. The molecule has 0 aromatic heterocycles. The summed E-state index contributed by atoms with van der Waals surface area (Å²) in [5.74, 6) is -0.237. The van der Waals surface area contributed by atoms with Crippen LogP contribution in [0, 0.1) is 6.92 Å². The normalized spacial score (nSPS) is 11.5. The van der Waals surface area contributed by atoms with Gasteiger partial charge >= 0.3 is 6.18 Å². The Morgan fingerprint density at radius 3 is 2.29 bits per heavy atom. The lowest BCUT2D eigenvalue weighted by molar-refractivity contribution is -0.137. The minimum atomic E-state index is -4.40. The third-order valence-corrected chi connectivity index (χ3v) is 3.44. The Bertz CT molecular complexity index is 672. The van der Waals surface area contributed by atoms with E-state index in [0.29, 0.717) is 23.1 Å². The summed E-state index contributed by atoms with van der Waals surface area (Å²) in [5, 5.41) is 0. The smallest absolute Gasteiger partial charge is 0.289 e. The van der Waals surface area contributed by atoms with Gasteiger partial charge in [0, 0.05) is 11.1 Å². The molecule has 0 N–H and O–H groups in total. The van der Waals surface area contributed by atoms with Crippen molar-refractivity contribution < 1.29 is 18.0 Å². The molecule has 0 amide bonds. The monoisotopic (exact) mass is 292 g/mol. The van der Waals surface area contributed by atoms with Crippen LogP contribution in [0.25, 0.3) is 0 Å². The van der Waals surface area contributed by atoms with Crippen molar-refractivity contribution in [2.45, 2.75) is 26.4 Å². The zero-order valence-corrected chi connectivity index (χ0v) is 11.8. The summed E-state index contributed by atoms with van der Waals surface area (Å²) in [6, 6.07) is 10.4. The second-order valence-electron chi connectivity index (χ2n) is 4.87. The van der Waals surface area contributed by atoms with Gasteiger partial charge in [-0.3, -0.25) is 4.79 Å². The van der Waals surface area contributed by atoms with E-state index in [0.717, 1.165) is 17.7 Å². The van der Waals surface area contributed by atoms with E-state index in [1.54, 1.807) is 12.1 Å². The largest absolute Gasteiger partial charge is 0.416 e. The van der Waals surface area contributed by atoms with Crippen molar-refractivity contribution in [3.05, 3.63) is 70.3 Å². The van der Waals surface area contributed by atoms with Crippen molar-refractivity contribution in [1.29, 1.82) is 0 Å². The summed E-state index contributed by atoms with van der Waals surface area (Å²) in [5.41, 5.74) is 1.34. The van der Waals surface area contributed by atoms with Gasteiger partial charge in [-0.05, 0) is 36.6 Å². The van der Waals surface area contributed by atoms with E-state index in [-0.39, 0.29) is 5.78 Å². The first-order valence-electron chi connectivity index (χ1n) is 6.65. The number of hydrogen-bond acceptors (Lipinski definition) is 1. The maximum absolute atomic E-state index is 12.7. The van der Waals surface area contributed by atoms with Gasteiger partial charge in [-0.15, -0.1) is 0 Å². The van der Waals surface area contributed by atoms with E-state index in [2.05, 4.69) is 0 Å². The molecule has 110 valence electrons. The molecule has 0 aliphatic carbocycles. The number of benzene rings is 2. The van der Waals surface area contributed by atoms with Gasteiger partial charge in [-0.1, -0.05) is 37.3 Å². The maximum Gasteiger partial charge on any atom is 0.416 e. The number of aryl methyl sites for hydroxylation is 2. The van der Waals surface area contributed by atoms with Crippen LogP contribution in [0.1, 0.15) is 39.5 Å². The van der Waals surface area contributed by atoms with Crippen molar-refractivity contribution in [2.75, 3.05) is 0 Å². The molecule has 0 saturated heterocycles. The number of ketones is 1. The number of carbonyl (C=O) groups is 1. The maximum atomic E-state index is 12.7. The van der Waals surface area contributed by atoms with Crippen LogP contribution in [0.5, 0.6) is 0 Å². The van der Waals surface area contributed by atoms with Crippen molar-refractivity contribution in [3.63, 3.8) is 0 Å². The van der Waals surface area contributed by atoms with E-state index in [1.165, 1.54) is 13.0 Å². The van der Waals surface area contributed by atoms with E-state index >= 15 is 0 Å². The highest BCUT2D eigenvalue weighted by Gasteiger charge is 2.31. The highest BCUT2D eigenvalue weighted by Crippen LogP contribution is 2.31. The summed E-state index contributed by atoms with van der Waals surface area (Å²) in [6.07, 6.45) is -3.70. The average molecular weight is 292 g/mol. The molecular weight excluding hydrogens is 277 g/mol. The summed E-state index contributed by atoms with van der Waals surface area (Å²) in [7, 11) is 0. The van der Waals surface area contributed by atoms with Crippen molar-refractivity contribution in [1.82, 2.24) is 0 Å². The molecule has 21 heavy (non-hydrogen) atoms. The molecule has 0 heterocycles. The van der Waals surface area contributed by atoms with Crippen LogP contribution in [0.15, 0.2) is 42.5 Å². The molecule has 0 fully saturated rings. The van der Waals surface area contributed by atoms with Crippen LogP contribution in [-0.4, -0.2) is 5.78 Å². The zero-order valence-electron chi connectivity index (χ0n) is 11.8.